The highest BCUT2D eigenvalue weighted by atomic mass is 16.3. The maximum absolute atomic E-state index is 9.53. The number of phenols is 1. The second-order valence-corrected chi connectivity index (χ2v) is 5.58. The maximum Gasteiger partial charge on any atom is 0.168 e. The molecule has 6 heteroatoms. The lowest BCUT2D eigenvalue weighted by Crippen LogP contribution is -2.17. The van der Waals surface area contributed by atoms with E-state index in [4.69, 9.17) is 0 Å². The van der Waals surface area contributed by atoms with Gasteiger partial charge in [-0.3, -0.25) is 9.55 Å². The standard InChI is InChI=1S/C17H19N5O/c1-21(2)12-9-16-19-20-17(13-7-10-18-11-8-13)22(16)14-3-5-15(23)6-4-14/h3-8,10-11,23H,9,12H2,1-2H3. The Balaban J connectivity index is 2.08. The van der Waals surface area contributed by atoms with Crippen LogP contribution in [-0.4, -0.2) is 50.4 Å². The molecule has 1 N–H and O–H groups in total. The van der Waals surface area contributed by atoms with Crippen LogP contribution in [0, 0.1) is 0 Å². The molecule has 0 atom stereocenters. The zero-order valence-corrected chi connectivity index (χ0v) is 13.2. The average Bonchev–Trinajstić information content (AvgIpc) is 2.98. The minimum atomic E-state index is 0.238. The van der Waals surface area contributed by atoms with Crippen molar-refractivity contribution in [2.24, 2.45) is 0 Å². The molecule has 3 aromatic rings. The summed E-state index contributed by atoms with van der Waals surface area (Å²) in [7, 11) is 4.07. The molecule has 0 saturated carbocycles. The fraction of sp³-hybridized carbons (Fsp3) is 0.235. The number of benzene rings is 1. The van der Waals surface area contributed by atoms with E-state index in [1.807, 2.05) is 42.9 Å². The smallest absolute Gasteiger partial charge is 0.168 e. The summed E-state index contributed by atoms with van der Waals surface area (Å²) < 4.78 is 2.03. The first-order valence-electron chi connectivity index (χ1n) is 7.44. The molecule has 6 nitrogen and oxygen atoms in total. The zero-order valence-electron chi connectivity index (χ0n) is 13.2. The zero-order chi connectivity index (χ0) is 16.2. The summed E-state index contributed by atoms with van der Waals surface area (Å²) in [5.74, 6) is 1.89. The fourth-order valence-corrected chi connectivity index (χ4v) is 2.36. The molecule has 2 heterocycles. The molecule has 1 aromatic carbocycles. The Morgan fingerprint density at radius 2 is 1.70 bits per heavy atom. The number of aromatic nitrogens is 4. The van der Waals surface area contributed by atoms with Crippen molar-refractivity contribution in [2.45, 2.75) is 6.42 Å². The van der Waals surface area contributed by atoms with Gasteiger partial charge in [0.15, 0.2) is 5.82 Å². The third kappa shape index (κ3) is 3.37. The molecule has 0 saturated heterocycles. The van der Waals surface area contributed by atoms with Gasteiger partial charge in [-0.15, -0.1) is 10.2 Å². The van der Waals surface area contributed by atoms with Crippen molar-refractivity contribution in [1.29, 1.82) is 0 Å². The van der Waals surface area contributed by atoms with E-state index in [1.54, 1.807) is 24.5 Å². The molecule has 118 valence electrons. The Labute approximate surface area is 135 Å². The summed E-state index contributed by atoms with van der Waals surface area (Å²) >= 11 is 0. The number of rotatable bonds is 5. The van der Waals surface area contributed by atoms with Gasteiger partial charge in [-0.1, -0.05) is 0 Å². The summed E-state index contributed by atoms with van der Waals surface area (Å²) in [5, 5.41) is 18.3. The lowest BCUT2D eigenvalue weighted by molar-refractivity contribution is 0.408. The van der Waals surface area contributed by atoms with Crippen LogP contribution in [0.4, 0.5) is 0 Å². The first-order chi connectivity index (χ1) is 11.1. The molecule has 0 spiro atoms. The van der Waals surface area contributed by atoms with Gasteiger partial charge in [-0.05, 0) is 50.5 Å². The molecular formula is C17H19N5O. The Kier molecular flexibility index (Phi) is 4.34. The van der Waals surface area contributed by atoms with Gasteiger partial charge in [0, 0.05) is 36.6 Å². The number of phenolic OH excluding ortho intramolecular Hbond substituents is 1. The van der Waals surface area contributed by atoms with E-state index in [2.05, 4.69) is 20.1 Å². The number of likely N-dealkylation sites (N-methyl/N-ethyl adjacent to an activating group) is 1. The van der Waals surface area contributed by atoms with Gasteiger partial charge in [-0.25, -0.2) is 0 Å². The Morgan fingerprint density at radius 3 is 2.35 bits per heavy atom. The normalized spacial score (nSPS) is 11.1. The molecule has 0 bridgehead atoms. The number of aromatic hydroxyl groups is 1. The molecule has 0 aliphatic heterocycles. The minimum absolute atomic E-state index is 0.238. The van der Waals surface area contributed by atoms with Gasteiger partial charge in [0.2, 0.25) is 0 Å². The van der Waals surface area contributed by atoms with Crippen molar-refractivity contribution in [3.05, 3.63) is 54.6 Å². The molecule has 0 aliphatic carbocycles. The maximum atomic E-state index is 9.53. The van der Waals surface area contributed by atoms with Crippen molar-refractivity contribution < 1.29 is 5.11 Å². The predicted molar refractivity (Wildman–Crippen MR) is 88.5 cm³/mol. The molecule has 0 unspecified atom stereocenters. The predicted octanol–water partition coefficient (Wildman–Crippen LogP) is 2.14. The molecule has 0 radical (unpaired) electrons. The second kappa shape index (κ2) is 6.58. The van der Waals surface area contributed by atoms with Gasteiger partial charge >= 0.3 is 0 Å². The van der Waals surface area contributed by atoms with Crippen LogP contribution in [0.25, 0.3) is 17.1 Å². The van der Waals surface area contributed by atoms with E-state index in [0.29, 0.717) is 0 Å². The van der Waals surface area contributed by atoms with Gasteiger partial charge in [0.25, 0.3) is 0 Å². The van der Waals surface area contributed by atoms with Crippen LogP contribution in [0.3, 0.4) is 0 Å². The Morgan fingerprint density at radius 1 is 1.00 bits per heavy atom. The van der Waals surface area contributed by atoms with E-state index in [9.17, 15) is 5.11 Å². The highest BCUT2D eigenvalue weighted by Gasteiger charge is 2.15. The molecule has 0 amide bonds. The van der Waals surface area contributed by atoms with E-state index in [0.717, 1.165) is 35.9 Å². The molecule has 2 aromatic heterocycles. The van der Waals surface area contributed by atoms with Crippen LogP contribution in [0.1, 0.15) is 5.82 Å². The van der Waals surface area contributed by atoms with Crippen molar-refractivity contribution in [3.8, 4) is 22.8 Å². The highest BCUT2D eigenvalue weighted by molar-refractivity contribution is 5.58. The van der Waals surface area contributed by atoms with Gasteiger partial charge in [-0.2, -0.15) is 0 Å². The lowest BCUT2D eigenvalue weighted by Gasteiger charge is -2.13. The van der Waals surface area contributed by atoms with E-state index < -0.39 is 0 Å². The van der Waals surface area contributed by atoms with E-state index in [1.165, 1.54) is 0 Å². The van der Waals surface area contributed by atoms with Gasteiger partial charge in [0.1, 0.15) is 11.6 Å². The van der Waals surface area contributed by atoms with Crippen molar-refractivity contribution in [3.63, 3.8) is 0 Å². The molecule has 0 aliphatic rings. The van der Waals surface area contributed by atoms with Crippen LogP contribution in [0.15, 0.2) is 48.8 Å². The summed E-state index contributed by atoms with van der Waals surface area (Å²) in [6.45, 7) is 0.882. The average molecular weight is 309 g/mol. The van der Waals surface area contributed by atoms with Crippen molar-refractivity contribution in [2.75, 3.05) is 20.6 Å². The van der Waals surface area contributed by atoms with Crippen LogP contribution in [-0.2, 0) is 6.42 Å². The summed E-state index contributed by atoms with van der Waals surface area (Å²) in [6, 6.07) is 10.9. The molecule has 3 rings (SSSR count). The van der Waals surface area contributed by atoms with Crippen LogP contribution >= 0.6 is 0 Å². The van der Waals surface area contributed by atoms with Crippen LogP contribution < -0.4 is 0 Å². The van der Waals surface area contributed by atoms with E-state index >= 15 is 0 Å². The summed E-state index contributed by atoms with van der Waals surface area (Å²) in [5.41, 5.74) is 1.88. The highest BCUT2D eigenvalue weighted by Crippen LogP contribution is 2.24. The second-order valence-electron chi connectivity index (χ2n) is 5.58. The fourth-order valence-electron chi connectivity index (χ4n) is 2.36. The number of hydrogen-bond donors (Lipinski definition) is 1. The van der Waals surface area contributed by atoms with Crippen molar-refractivity contribution >= 4 is 0 Å². The SMILES string of the molecule is CN(C)CCc1nnc(-c2ccncc2)n1-c1ccc(O)cc1. The van der Waals surface area contributed by atoms with E-state index in [-0.39, 0.29) is 5.75 Å². The third-order valence-electron chi connectivity index (χ3n) is 3.56. The minimum Gasteiger partial charge on any atom is -0.508 e. The quantitative estimate of drug-likeness (QED) is 0.782. The summed E-state index contributed by atoms with van der Waals surface area (Å²) in [4.78, 5) is 6.17. The molecular weight excluding hydrogens is 290 g/mol. The lowest BCUT2D eigenvalue weighted by atomic mass is 10.2. The van der Waals surface area contributed by atoms with Crippen molar-refractivity contribution in [1.82, 2.24) is 24.6 Å². The van der Waals surface area contributed by atoms with Gasteiger partial charge in [0.05, 0.1) is 0 Å². The van der Waals surface area contributed by atoms with Crippen LogP contribution in [0.5, 0.6) is 5.75 Å². The molecule has 0 fully saturated rings. The first kappa shape index (κ1) is 15.2. The summed E-state index contributed by atoms with van der Waals surface area (Å²) in [6.07, 6.45) is 4.27. The Bertz CT molecular complexity index is 765. The first-order valence-corrected chi connectivity index (χ1v) is 7.44. The number of pyridine rings is 1. The topological polar surface area (TPSA) is 67.1 Å². The van der Waals surface area contributed by atoms with Crippen LogP contribution in [0.2, 0.25) is 0 Å². The largest absolute Gasteiger partial charge is 0.508 e. The number of nitrogens with zero attached hydrogens (tertiary/aromatic N) is 5. The van der Waals surface area contributed by atoms with Gasteiger partial charge < -0.3 is 10.0 Å². The monoisotopic (exact) mass is 309 g/mol. The molecule has 23 heavy (non-hydrogen) atoms. The third-order valence-corrected chi connectivity index (χ3v) is 3.56. The number of hydrogen-bond acceptors (Lipinski definition) is 5. The Hall–Kier alpha value is -2.73.